The molecule has 0 atom stereocenters. The number of aromatic nitrogens is 1. The van der Waals surface area contributed by atoms with Gasteiger partial charge >= 0.3 is 0 Å². The van der Waals surface area contributed by atoms with Crippen molar-refractivity contribution in [2.45, 2.75) is 26.0 Å². The highest BCUT2D eigenvalue weighted by atomic mass is 35.5. The smallest absolute Gasteiger partial charge is 0.124 e. The van der Waals surface area contributed by atoms with Gasteiger partial charge in [0.15, 0.2) is 0 Å². The molecule has 0 bridgehead atoms. The van der Waals surface area contributed by atoms with E-state index in [0.29, 0.717) is 18.2 Å². The van der Waals surface area contributed by atoms with Crippen LogP contribution in [-0.2, 0) is 13.2 Å². The third-order valence-electron chi connectivity index (χ3n) is 4.25. The van der Waals surface area contributed by atoms with Gasteiger partial charge in [0, 0.05) is 53.7 Å². The van der Waals surface area contributed by atoms with Gasteiger partial charge in [-0.3, -0.25) is 4.98 Å². The molecule has 3 rings (SSSR count). The molecular formula is C18H21ClN2O2. The van der Waals surface area contributed by atoms with Gasteiger partial charge in [-0.15, -0.1) is 0 Å². The van der Waals surface area contributed by atoms with Crippen LogP contribution in [0.3, 0.4) is 0 Å². The van der Waals surface area contributed by atoms with E-state index in [9.17, 15) is 5.11 Å². The van der Waals surface area contributed by atoms with Crippen LogP contribution in [0.5, 0.6) is 5.75 Å². The topological polar surface area (TPSA) is 54.4 Å². The Hall–Kier alpha value is -1.62. The van der Waals surface area contributed by atoms with Crippen LogP contribution in [-0.4, -0.2) is 23.2 Å². The molecule has 1 aliphatic carbocycles. The molecule has 0 amide bonds. The highest BCUT2D eigenvalue weighted by Gasteiger charge is 2.41. The number of nitrogens with one attached hydrogen (secondary N) is 1. The lowest BCUT2D eigenvalue weighted by Crippen LogP contribution is -2.26. The van der Waals surface area contributed by atoms with Crippen molar-refractivity contribution in [3.05, 3.63) is 58.9 Å². The number of hydrogen-bond acceptors (Lipinski definition) is 4. The lowest BCUT2D eigenvalue weighted by Gasteiger charge is -2.15. The fourth-order valence-electron chi connectivity index (χ4n) is 2.50. The molecule has 1 aromatic carbocycles. The van der Waals surface area contributed by atoms with Gasteiger partial charge in [0.1, 0.15) is 12.4 Å². The highest BCUT2D eigenvalue weighted by molar-refractivity contribution is 6.30. The first kappa shape index (κ1) is 16.2. The van der Waals surface area contributed by atoms with Crippen molar-refractivity contribution in [1.29, 1.82) is 0 Å². The number of pyridine rings is 1. The van der Waals surface area contributed by atoms with Crippen molar-refractivity contribution in [3.63, 3.8) is 0 Å². The van der Waals surface area contributed by atoms with Gasteiger partial charge in [-0.2, -0.15) is 0 Å². The molecule has 0 saturated heterocycles. The standard InChI is InChI=1S/C18H21ClN2O2/c19-16-3-4-17(23-11-14-2-1-7-20-9-14)15(8-16)10-21-12-18(13-22)5-6-18/h1-4,7-9,21-22H,5-6,10-13H2. The zero-order valence-electron chi connectivity index (χ0n) is 13.0. The van der Waals surface area contributed by atoms with Crippen molar-refractivity contribution < 1.29 is 9.84 Å². The van der Waals surface area contributed by atoms with Crippen LogP contribution in [0.15, 0.2) is 42.7 Å². The van der Waals surface area contributed by atoms with Crippen LogP contribution < -0.4 is 10.1 Å². The number of hydrogen-bond donors (Lipinski definition) is 2. The van der Waals surface area contributed by atoms with Crippen molar-refractivity contribution in [2.75, 3.05) is 13.2 Å². The molecule has 2 N–H and O–H groups in total. The lowest BCUT2D eigenvalue weighted by atomic mass is 10.1. The predicted octanol–water partition coefficient (Wildman–Crippen LogP) is 3.18. The maximum Gasteiger partial charge on any atom is 0.124 e. The zero-order valence-corrected chi connectivity index (χ0v) is 13.7. The molecule has 1 aliphatic rings. The Morgan fingerprint density at radius 3 is 2.87 bits per heavy atom. The Kier molecular flexibility index (Phi) is 5.16. The summed E-state index contributed by atoms with van der Waals surface area (Å²) in [4.78, 5) is 4.09. The molecule has 5 heteroatoms. The van der Waals surface area contributed by atoms with E-state index in [0.717, 1.165) is 36.3 Å². The number of halogens is 1. The van der Waals surface area contributed by atoms with E-state index in [1.165, 1.54) is 0 Å². The van der Waals surface area contributed by atoms with Gasteiger partial charge < -0.3 is 15.2 Å². The summed E-state index contributed by atoms with van der Waals surface area (Å²) in [5, 5.41) is 13.5. The largest absolute Gasteiger partial charge is 0.489 e. The Bertz CT molecular complexity index is 645. The minimum Gasteiger partial charge on any atom is -0.489 e. The lowest BCUT2D eigenvalue weighted by molar-refractivity contribution is 0.207. The number of rotatable bonds is 8. The monoisotopic (exact) mass is 332 g/mol. The van der Waals surface area contributed by atoms with Gasteiger partial charge in [0.25, 0.3) is 0 Å². The average Bonchev–Trinajstić information content (AvgIpc) is 3.35. The zero-order chi connectivity index (χ0) is 16.1. The van der Waals surface area contributed by atoms with E-state index < -0.39 is 0 Å². The minimum atomic E-state index is 0.0926. The summed E-state index contributed by atoms with van der Waals surface area (Å²) in [6, 6.07) is 9.53. The maximum atomic E-state index is 9.37. The molecule has 1 heterocycles. The quantitative estimate of drug-likeness (QED) is 0.779. The number of aliphatic hydroxyl groups excluding tert-OH is 1. The van der Waals surface area contributed by atoms with Crippen molar-refractivity contribution >= 4 is 11.6 Å². The number of nitrogens with zero attached hydrogens (tertiary/aromatic N) is 1. The molecule has 122 valence electrons. The molecule has 23 heavy (non-hydrogen) atoms. The van der Waals surface area contributed by atoms with Crippen LogP contribution in [0.4, 0.5) is 0 Å². The van der Waals surface area contributed by atoms with Crippen LogP contribution in [0.2, 0.25) is 5.02 Å². The van der Waals surface area contributed by atoms with E-state index in [1.54, 1.807) is 12.4 Å². The van der Waals surface area contributed by atoms with Crippen molar-refractivity contribution in [1.82, 2.24) is 10.3 Å². The Labute approximate surface area is 141 Å². The van der Waals surface area contributed by atoms with Gasteiger partial charge in [-0.1, -0.05) is 17.7 Å². The Morgan fingerprint density at radius 2 is 2.17 bits per heavy atom. The number of ether oxygens (including phenoxy) is 1. The van der Waals surface area contributed by atoms with Crippen molar-refractivity contribution in [2.24, 2.45) is 5.41 Å². The predicted molar refractivity (Wildman–Crippen MR) is 90.5 cm³/mol. The molecule has 0 spiro atoms. The van der Waals surface area contributed by atoms with Crippen LogP contribution >= 0.6 is 11.6 Å². The first-order chi connectivity index (χ1) is 11.2. The summed E-state index contributed by atoms with van der Waals surface area (Å²) < 4.78 is 5.91. The average molecular weight is 333 g/mol. The summed E-state index contributed by atoms with van der Waals surface area (Å²) in [5.74, 6) is 0.819. The maximum absolute atomic E-state index is 9.37. The first-order valence-electron chi connectivity index (χ1n) is 7.82. The van der Waals surface area contributed by atoms with Gasteiger partial charge in [0.2, 0.25) is 0 Å². The van der Waals surface area contributed by atoms with E-state index in [1.807, 2.05) is 30.3 Å². The second-order valence-corrected chi connectivity index (χ2v) is 6.60. The molecule has 0 radical (unpaired) electrons. The summed E-state index contributed by atoms with van der Waals surface area (Å²) in [7, 11) is 0. The van der Waals surface area contributed by atoms with E-state index in [-0.39, 0.29) is 12.0 Å². The normalized spacial score (nSPS) is 15.4. The third kappa shape index (κ3) is 4.44. The number of benzene rings is 1. The molecule has 2 aromatic rings. The van der Waals surface area contributed by atoms with Crippen LogP contribution in [0.25, 0.3) is 0 Å². The fraction of sp³-hybridized carbons (Fsp3) is 0.389. The SMILES string of the molecule is OCC1(CNCc2cc(Cl)ccc2OCc2cccnc2)CC1. The molecule has 1 saturated carbocycles. The molecule has 4 nitrogen and oxygen atoms in total. The Balaban J connectivity index is 1.60. The number of aliphatic hydroxyl groups is 1. The third-order valence-corrected chi connectivity index (χ3v) is 4.48. The van der Waals surface area contributed by atoms with E-state index in [2.05, 4.69) is 10.3 Å². The summed E-state index contributed by atoms with van der Waals surface area (Å²) in [5.41, 5.74) is 2.14. The minimum absolute atomic E-state index is 0.0926. The van der Waals surface area contributed by atoms with E-state index >= 15 is 0 Å². The fourth-order valence-corrected chi connectivity index (χ4v) is 2.70. The summed E-state index contributed by atoms with van der Waals surface area (Å²) >= 11 is 6.11. The van der Waals surface area contributed by atoms with Gasteiger partial charge in [-0.25, -0.2) is 0 Å². The molecule has 0 aliphatic heterocycles. The molecular weight excluding hydrogens is 312 g/mol. The summed E-state index contributed by atoms with van der Waals surface area (Å²) in [6.45, 7) is 2.21. The van der Waals surface area contributed by atoms with E-state index in [4.69, 9.17) is 16.3 Å². The molecule has 0 unspecified atom stereocenters. The molecule has 1 fully saturated rings. The molecule has 1 aromatic heterocycles. The second kappa shape index (κ2) is 7.30. The first-order valence-corrected chi connectivity index (χ1v) is 8.20. The van der Waals surface area contributed by atoms with Crippen LogP contribution in [0, 0.1) is 5.41 Å². The highest BCUT2D eigenvalue weighted by Crippen LogP contribution is 2.44. The van der Waals surface area contributed by atoms with Crippen LogP contribution in [0.1, 0.15) is 24.0 Å². The summed E-state index contributed by atoms with van der Waals surface area (Å²) in [6.07, 6.45) is 5.73. The second-order valence-electron chi connectivity index (χ2n) is 6.16. The van der Waals surface area contributed by atoms with Gasteiger partial charge in [0.05, 0.1) is 0 Å². The Morgan fingerprint density at radius 1 is 1.30 bits per heavy atom. The van der Waals surface area contributed by atoms with Crippen molar-refractivity contribution in [3.8, 4) is 5.75 Å². The van der Waals surface area contributed by atoms with Gasteiger partial charge in [-0.05, 0) is 37.1 Å².